The highest BCUT2D eigenvalue weighted by Crippen LogP contribution is 2.58. The number of fused-ring (bicyclic) bond motifs is 4. The van der Waals surface area contributed by atoms with Crippen LogP contribution in [0, 0.1) is 98.9 Å². The second-order valence-corrected chi connectivity index (χ2v) is 10.2. The van der Waals surface area contributed by atoms with Crippen LogP contribution in [0.2, 0.25) is 0 Å². The van der Waals surface area contributed by atoms with E-state index in [9.17, 15) is 57.1 Å². The Bertz CT molecular complexity index is 2370. The number of hydrogen-bond donors (Lipinski definition) is 0. The largest absolute Gasteiger partial charge is 0.639 e. The van der Waals surface area contributed by atoms with Gasteiger partial charge in [0.1, 0.15) is 5.75 Å². The van der Waals surface area contributed by atoms with Crippen LogP contribution in [0.4, 0.5) is 83.4 Å². The fraction of sp³-hybridized carbons (Fsp3) is 0.0345. The molecular formula is C29H2BF19O2. The number of benzene rings is 5. The van der Waals surface area contributed by atoms with E-state index >= 15 is 26.3 Å². The normalized spacial score (nSPS) is 13.2. The molecule has 0 bridgehead atoms. The predicted octanol–water partition coefficient (Wildman–Crippen LogP) is 9.18. The van der Waals surface area contributed by atoms with Crippen LogP contribution < -0.4 is 14.8 Å². The molecule has 0 atom stereocenters. The van der Waals surface area contributed by atoms with Gasteiger partial charge >= 0.3 is 13.0 Å². The van der Waals surface area contributed by atoms with E-state index in [2.05, 4.69) is 9.31 Å². The number of alkyl halides is 2. The third-order valence-corrected chi connectivity index (χ3v) is 7.50. The van der Waals surface area contributed by atoms with Gasteiger partial charge in [-0.1, -0.05) is 0 Å². The standard InChI is InChI=1S/C29H2BF19O2/c31-4-2-1-3-5(11(4)32)12(33)19(40)25(46)27(3)50-30(10-16(37)22(43)24(45)23(44)17(10)38)51-28-9-7(14(35)20(41)26(28)47)6-8(29(9,48)49)15(36)21(42)18(39)13(6)34/h1-2H. The van der Waals surface area contributed by atoms with Crippen molar-refractivity contribution in [3.8, 4) is 22.6 Å². The van der Waals surface area contributed by atoms with Gasteiger partial charge in [-0.2, -0.15) is 17.6 Å². The summed E-state index contributed by atoms with van der Waals surface area (Å²) in [6.07, 6.45) is 0. The zero-order valence-corrected chi connectivity index (χ0v) is 23.2. The first-order chi connectivity index (χ1) is 23.7. The fourth-order valence-electron chi connectivity index (χ4n) is 5.25. The van der Waals surface area contributed by atoms with Crippen LogP contribution in [0.5, 0.6) is 11.5 Å². The van der Waals surface area contributed by atoms with E-state index in [-0.39, 0.29) is 12.1 Å². The van der Waals surface area contributed by atoms with Crippen LogP contribution in [0.15, 0.2) is 12.1 Å². The lowest BCUT2D eigenvalue weighted by Gasteiger charge is -2.24. The van der Waals surface area contributed by atoms with Gasteiger partial charge in [0.2, 0.25) is 11.6 Å². The maximum Gasteiger partial charge on any atom is 0.639 e. The Morgan fingerprint density at radius 2 is 0.804 bits per heavy atom. The summed E-state index contributed by atoms with van der Waals surface area (Å²) in [6, 6.07) is 0.177. The summed E-state index contributed by atoms with van der Waals surface area (Å²) in [5.74, 6) is -58.9. The summed E-state index contributed by atoms with van der Waals surface area (Å²) in [5, 5.41) is -3.41. The van der Waals surface area contributed by atoms with Crippen molar-refractivity contribution in [2.24, 2.45) is 0 Å². The van der Waals surface area contributed by atoms with Crippen molar-refractivity contribution in [2.45, 2.75) is 5.92 Å². The lowest BCUT2D eigenvalue weighted by Crippen LogP contribution is -2.48. The van der Waals surface area contributed by atoms with Gasteiger partial charge in [0.15, 0.2) is 93.0 Å². The molecule has 5 aromatic carbocycles. The third-order valence-electron chi connectivity index (χ3n) is 7.50. The van der Waals surface area contributed by atoms with Crippen molar-refractivity contribution < 1.29 is 92.7 Å². The van der Waals surface area contributed by atoms with Gasteiger partial charge in [-0.15, -0.1) is 0 Å². The number of halogens is 19. The zero-order valence-electron chi connectivity index (χ0n) is 23.2. The molecule has 0 N–H and O–H groups in total. The maximum atomic E-state index is 15.7. The molecule has 0 fully saturated rings. The van der Waals surface area contributed by atoms with Crippen LogP contribution in [-0.4, -0.2) is 7.12 Å². The van der Waals surface area contributed by atoms with Crippen LogP contribution in [-0.2, 0) is 5.92 Å². The summed E-state index contributed by atoms with van der Waals surface area (Å²) in [6.45, 7) is 0. The second-order valence-electron chi connectivity index (χ2n) is 10.2. The molecule has 0 unspecified atom stereocenters. The molecule has 0 radical (unpaired) electrons. The van der Waals surface area contributed by atoms with Crippen molar-refractivity contribution in [1.82, 2.24) is 0 Å². The zero-order chi connectivity index (χ0) is 37.9. The van der Waals surface area contributed by atoms with Crippen LogP contribution >= 0.6 is 0 Å². The maximum absolute atomic E-state index is 15.7. The number of rotatable bonds is 5. The molecule has 0 saturated heterocycles. The molecule has 1 aliphatic carbocycles. The van der Waals surface area contributed by atoms with Gasteiger partial charge in [-0.05, 0) is 12.1 Å². The van der Waals surface area contributed by atoms with Gasteiger partial charge in [0, 0.05) is 16.5 Å². The van der Waals surface area contributed by atoms with E-state index in [1.165, 1.54) is 0 Å². The van der Waals surface area contributed by atoms with Crippen LogP contribution in [0.3, 0.4) is 0 Å². The first-order valence-corrected chi connectivity index (χ1v) is 12.9. The molecule has 5 aromatic rings. The number of hydrogen-bond acceptors (Lipinski definition) is 2. The minimum atomic E-state index is -5.60. The monoisotopic (exact) mass is 754 g/mol. The van der Waals surface area contributed by atoms with E-state index in [1.54, 1.807) is 0 Å². The Balaban J connectivity index is 1.71. The average Bonchev–Trinajstić information content (AvgIpc) is 3.34. The Labute approximate surface area is 267 Å². The minimum absolute atomic E-state index is 0.0383. The summed E-state index contributed by atoms with van der Waals surface area (Å²) in [7, 11) is -4.00. The highest BCUT2D eigenvalue weighted by molar-refractivity contribution is 6.63. The molecule has 0 saturated carbocycles. The van der Waals surface area contributed by atoms with E-state index in [1.807, 2.05) is 0 Å². The van der Waals surface area contributed by atoms with Crippen molar-refractivity contribution >= 4 is 23.4 Å². The quantitative estimate of drug-likeness (QED) is 0.0772. The molecule has 0 heterocycles. The Kier molecular flexibility index (Phi) is 8.09. The summed E-state index contributed by atoms with van der Waals surface area (Å²) >= 11 is 0. The van der Waals surface area contributed by atoms with Gasteiger partial charge < -0.3 is 9.31 Å². The van der Waals surface area contributed by atoms with E-state index in [0.29, 0.717) is 0 Å². The third kappa shape index (κ3) is 4.70. The van der Waals surface area contributed by atoms with Crippen LogP contribution in [0.1, 0.15) is 11.1 Å². The molecule has 22 heteroatoms. The highest BCUT2D eigenvalue weighted by atomic mass is 19.3. The van der Waals surface area contributed by atoms with E-state index < -0.39 is 162 Å². The topological polar surface area (TPSA) is 18.5 Å². The van der Waals surface area contributed by atoms with Gasteiger partial charge in [-0.3, -0.25) is 0 Å². The Hall–Kier alpha value is -5.31. The summed E-state index contributed by atoms with van der Waals surface area (Å²) < 4.78 is 288. The van der Waals surface area contributed by atoms with Crippen molar-refractivity contribution in [1.29, 1.82) is 0 Å². The van der Waals surface area contributed by atoms with E-state index in [0.717, 1.165) is 0 Å². The van der Waals surface area contributed by atoms with Crippen LogP contribution in [0.25, 0.3) is 21.9 Å². The lowest BCUT2D eigenvalue weighted by atomic mass is 9.76. The lowest BCUT2D eigenvalue weighted by molar-refractivity contribution is 0.0404. The van der Waals surface area contributed by atoms with Gasteiger partial charge in [0.05, 0.1) is 22.0 Å². The fourth-order valence-corrected chi connectivity index (χ4v) is 5.25. The second kappa shape index (κ2) is 11.6. The first kappa shape index (κ1) is 35.5. The molecule has 0 amide bonds. The molecule has 51 heavy (non-hydrogen) atoms. The summed E-state index contributed by atoms with van der Waals surface area (Å²) in [4.78, 5) is 0. The average molecular weight is 754 g/mol. The van der Waals surface area contributed by atoms with Crippen molar-refractivity contribution in [2.75, 3.05) is 0 Å². The summed E-state index contributed by atoms with van der Waals surface area (Å²) in [5.41, 5.74) is -12.7. The highest BCUT2D eigenvalue weighted by Gasteiger charge is 2.56. The smallest absolute Gasteiger partial charge is 0.519 e. The van der Waals surface area contributed by atoms with Crippen molar-refractivity contribution in [3.05, 3.63) is 122 Å². The molecular weight excluding hydrogens is 752 g/mol. The molecule has 6 rings (SSSR count). The van der Waals surface area contributed by atoms with Gasteiger partial charge in [0.25, 0.3) is 0 Å². The Morgan fingerprint density at radius 3 is 1.37 bits per heavy atom. The van der Waals surface area contributed by atoms with E-state index in [4.69, 9.17) is 0 Å². The minimum Gasteiger partial charge on any atom is -0.519 e. The van der Waals surface area contributed by atoms with Gasteiger partial charge in [-0.25, -0.2) is 65.9 Å². The molecule has 1 aliphatic rings. The first-order valence-electron chi connectivity index (χ1n) is 12.9. The molecule has 0 spiro atoms. The molecule has 2 nitrogen and oxygen atoms in total. The predicted molar refractivity (Wildman–Crippen MR) is 131 cm³/mol. The molecule has 0 aromatic heterocycles. The van der Waals surface area contributed by atoms with Crippen molar-refractivity contribution in [3.63, 3.8) is 0 Å². The molecule has 266 valence electrons. The molecule has 0 aliphatic heterocycles. The Morgan fingerprint density at radius 1 is 0.392 bits per heavy atom. The SMILES string of the molecule is Fc1ccc2c(OB(Oc3c(F)c(F)c(F)c4c3C(F)(F)c3c(F)c(F)c(F)c(F)c3-4)c3c(F)c(F)c(F)c(F)c3F)c(F)c(F)c(F)c2c1F.